The molecule has 1 unspecified atom stereocenters. The van der Waals surface area contributed by atoms with Gasteiger partial charge in [0.15, 0.2) is 0 Å². The third-order valence-corrected chi connectivity index (χ3v) is 6.80. The van der Waals surface area contributed by atoms with Crippen molar-refractivity contribution in [2.45, 2.75) is 38.7 Å². The van der Waals surface area contributed by atoms with Crippen LogP contribution in [0.2, 0.25) is 0 Å². The summed E-state index contributed by atoms with van der Waals surface area (Å²) in [4.78, 5) is 58.9. The van der Waals surface area contributed by atoms with Gasteiger partial charge in [0.1, 0.15) is 32.5 Å². The SMILES string of the molecule is CCC(COC(=O)CCS)(COC(=O)CCS)COC(=O)CCSCC(COC(=O)CS)OC(=O)CS. The summed E-state index contributed by atoms with van der Waals surface area (Å²) in [6.07, 6.45) is 0.0128. The fourth-order valence-corrected chi connectivity index (χ4v) is 3.91. The Bertz CT molecular complexity index is 700. The van der Waals surface area contributed by atoms with Crippen LogP contribution in [-0.4, -0.2) is 96.9 Å². The summed E-state index contributed by atoms with van der Waals surface area (Å²) in [5, 5.41) is 0. The van der Waals surface area contributed by atoms with E-state index >= 15 is 0 Å². The highest BCUT2D eigenvalue weighted by molar-refractivity contribution is 7.99. The molecule has 0 aromatic rings. The quantitative estimate of drug-likeness (QED) is 0.0651. The molecule has 0 aliphatic rings. The highest BCUT2D eigenvalue weighted by Crippen LogP contribution is 2.25. The third kappa shape index (κ3) is 18.1. The smallest absolute Gasteiger partial charge is 0.316 e. The summed E-state index contributed by atoms with van der Waals surface area (Å²) in [6.45, 7) is 1.39. The van der Waals surface area contributed by atoms with E-state index in [1.54, 1.807) is 0 Å². The van der Waals surface area contributed by atoms with Gasteiger partial charge in [-0.15, -0.1) is 0 Å². The Morgan fingerprint density at radius 3 is 1.62 bits per heavy atom. The van der Waals surface area contributed by atoms with Crippen molar-refractivity contribution in [2.75, 3.05) is 60.9 Å². The molecular formula is C22H36O10S5. The van der Waals surface area contributed by atoms with Crippen molar-refractivity contribution < 1.29 is 47.7 Å². The molecule has 0 rings (SSSR count). The van der Waals surface area contributed by atoms with Crippen LogP contribution in [0.25, 0.3) is 0 Å². The highest BCUT2D eigenvalue weighted by Gasteiger charge is 2.34. The maximum Gasteiger partial charge on any atom is 0.316 e. The van der Waals surface area contributed by atoms with Gasteiger partial charge < -0.3 is 23.7 Å². The lowest BCUT2D eigenvalue weighted by Gasteiger charge is -2.31. The maximum absolute atomic E-state index is 12.4. The lowest BCUT2D eigenvalue weighted by atomic mass is 9.88. The van der Waals surface area contributed by atoms with Crippen LogP contribution < -0.4 is 0 Å². The van der Waals surface area contributed by atoms with Gasteiger partial charge in [0.05, 0.1) is 36.2 Å². The molecule has 37 heavy (non-hydrogen) atoms. The van der Waals surface area contributed by atoms with Crippen molar-refractivity contribution in [2.24, 2.45) is 5.41 Å². The van der Waals surface area contributed by atoms with E-state index in [1.165, 1.54) is 11.8 Å². The van der Waals surface area contributed by atoms with Crippen molar-refractivity contribution in [1.29, 1.82) is 0 Å². The van der Waals surface area contributed by atoms with E-state index in [-0.39, 0.29) is 62.9 Å². The lowest BCUT2D eigenvalue weighted by molar-refractivity contribution is -0.162. The van der Waals surface area contributed by atoms with E-state index in [0.29, 0.717) is 23.7 Å². The molecule has 0 saturated carbocycles. The number of thiol groups is 4. The first-order chi connectivity index (χ1) is 17.6. The van der Waals surface area contributed by atoms with Crippen LogP contribution in [-0.2, 0) is 47.7 Å². The third-order valence-electron chi connectivity index (χ3n) is 4.74. The second kappa shape index (κ2) is 22.0. The Balaban J connectivity index is 4.82. The predicted molar refractivity (Wildman–Crippen MR) is 153 cm³/mol. The van der Waals surface area contributed by atoms with Crippen molar-refractivity contribution >= 4 is 92.1 Å². The predicted octanol–water partition coefficient (Wildman–Crippen LogP) is 2.09. The van der Waals surface area contributed by atoms with Crippen LogP contribution in [0.3, 0.4) is 0 Å². The van der Waals surface area contributed by atoms with E-state index in [2.05, 4.69) is 50.5 Å². The minimum atomic E-state index is -0.898. The van der Waals surface area contributed by atoms with Gasteiger partial charge in [-0.25, -0.2) is 0 Å². The molecule has 0 saturated heterocycles. The summed E-state index contributed by atoms with van der Waals surface area (Å²) < 4.78 is 26.2. The average Bonchev–Trinajstić information content (AvgIpc) is 2.89. The molecule has 0 aliphatic heterocycles. The Hall–Kier alpha value is -0.900. The van der Waals surface area contributed by atoms with Crippen molar-refractivity contribution in [3.05, 3.63) is 0 Å². The molecule has 214 valence electrons. The largest absolute Gasteiger partial charge is 0.465 e. The first-order valence-corrected chi connectivity index (χ1v) is 15.2. The molecule has 0 amide bonds. The van der Waals surface area contributed by atoms with E-state index in [9.17, 15) is 24.0 Å². The standard InChI is InChI=1S/C22H36O10S5/c1-2-22(13-29-17(23)3-6-33,14-30-18(24)4-7-34)15-31-19(25)5-8-37-12-16(32-21(27)11-36)9-28-20(26)10-35/h16,33-36H,2-15H2,1H3. The van der Waals surface area contributed by atoms with Crippen LogP contribution in [0.4, 0.5) is 0 Å². The van der Waals surface area contributed by atoms with Gasteiger partial charge in [0.2, 0.25) is 0 Å². The number of ether oxygens (including phenoxy) is 5. The molecule has 0 aromatic carbocycles. The monoisotopic (exact) mass is 620 g/mol. The van der Waals surface area contributed by atoms with Crippen LogP contribution in [0.1, 0.15) is 32.6 Å². The molecule has 1 atom stereocenters. The molecule has 0 radical (unpaired) electrons. The lowest BCUT2D eigenvalue weighted by Crippen LogP contribution is -2.39. The normalized spacial score (nSPS) is 11.8. The summed E-state index contributed by atoms with van der Waals surface area (Å²) in [6, 6.07) is 0. The number of hydrogen-bond acceptors (Lipinski definition) is 15. The first-order valence-electron chi connectivity index (χ1n) is 11.5. The Morgan fingerprint density at radius 1 is 0.703 bits per heavy atom. The van der Waals surface area contributed by atoms with Crippen molar-refractivity contribution in [1.82, 2.24) is 0 Å². The Labute approximate surface area is 244 Å². The van der Waals surface area contributed by atoms with E-state index < -0.39 is 41.4 Å². The molecule has 15 heteroatoms. The summed E-state index contributed by atoms with van der Waals surface area (Å²) in [5.41, 5.74) is -0.898. The summed E-state index contributed by atoms with van der Waals surface area (Å²) in [7, 11) is 0. The van der Waals surface area contributed by atoms with Crippen LogP contribution in [0.5, 0.6) is 0 Å². The number of thioether (sulfide) groups is 1. The van der Waals surface area contributed by atoms with Crippen LogP contribution >= 0.6 is 62.3 Å². The average molecular weight is 621 g/mol. The number of hydrogen-bond donors (Lipinski definition) is 4. The second-order valence-corrected chi connectivity index (χ2v) is 10.4. The van der Waals surface area contributed by atoms with E-state index in [4.69, 9.17) is 23.7 Å². The zero-order valence-electron chi connectivity index (χ0n) is 20.8. The van der Waals surface area contributed by atoms with Crippen molar-refractivity contribution in [3.8, 4) is 0 Å². The molecule has 0 fully saturated rings. The highest BCUT2D eigenvalue weighted by atomic mass is 32.2. The van der Waals surface area contributed by atoms with Gasteiger partial charge >= 0.3 is 29.8 Å². The Kier molecular flexibility index (Phi) is 21.4. The van der Waals surface area contributed by atoms with Gasteiger partial charge in [-0.1, -0.05) is 6.92 Å². The Morgan fingerprint density at radius 2 is 1.19 bits per heavy atom. The number of carbonyl (C=O) groups excluding carboxylic acids is 5. The summed E-state index contributed by atoms with van der Waals surface area (Å²) in [5.74, 6) is -1.45. The van der Waals surface area contributed by atoms with E-state index in [1.807, 2.05) is 6.92 Å². The zero-order chi connectivity index (χ0) is 28.1. The van der Waals surface area contributed by atoms with Crippen LogP contribution in [0.15, 0.2) is 0 Å². The topological polar surface area (TPSA) is 132 Å². The van der Waals surface area contributed by atoms with Gasteiger partial charge in [-0.3, -0.25) is 24.0 Å². The minimum absolute atomic E-state index is 0.0486. The molecule has 0 heterocycles. The molecule has 0 bridgehead atoms. The molecule has 0 N–H and O–H groups in total. The summed E-state index contributed by atoms with van der Waals surface area (Å²) >= 11 is 17.0. The number of rotatable bonds is 21. The minimum Gasteiger partial charge on any atom is -0.465 e. The number of esters is 5. The van der Waals surface area contributed by atoms with Gasteiger partial charge in [0, 0.05) is 23.0 Å². The first kappa shape index (κ1) is 36.1. The molecule has 0 spiro atoms. The molecule has 10 nitrogen and oxygen atoms in total. The fraction of sp³-hybridized carbons (Fsp3) is 0.773. The zero-order valence-corrected chi connectivity index (χ0v) is 25.2. The molecule has 0 aromatic heterocycles. The van der Waals surface area contributed by atoms with Crippen molar-refractivity contribution in [3.63, 3.8) is 0 Å². The van der Waals surface area contributed by atoms with Gasteiger partial charge in [-0.05, 0) is 6.42 Å². The van der Waals surface area contributed by atoms with Gasteiger partial charge in [0.25, 0.3) is 0 Å². The molecule has 0 aliphatic carbocycles. The van der Waals surface area contributed by atoms with Gasteiger partial charge in [-0.2, -0.15) is 62.3 Å². The second-order valence-electron chi connectivity index (χ2n) is 7.72. The number of carbonyl (C=O) groups is 5. The molecular weight excluding hydrogens is 585 g/mol. The van der Waals surface area contributed by atoms with Crippen LogP contribution in [0, 0.1) is 5.41 Å². The maximum atomic E-state index is 12.4. The van der Waals surface area contributed by atoms with E-state index in [0.717, 1.165) is 0 Å². The fourth-order valence-electron chi connectivity index (χ4n) is 2.47.